The molecule has 0 spiro atoms. The zero-order valence-electron chi connectivity index (χ0n) is 12.2. The molecule has 1 heterocycles. The third-order valence-electron chi connectivity index (χ3n) is 2.60. The van der Waals surface area contributed by atoms with Crippen molar-refractivity contribution in [1.82, 2.24) is 4.98 Å². The largest absolute Gasteiger partial charge is 0.484 e. The summed E-state index contributed by atoms with van der Waals surface area (Å²) in [6.07, 6.45) is 1.69. The van der Waals surface area contributed by atoms with Crippen LogP contribution in [0.15, 0.2) is 48.7 Å². The van der Waals surface area contributed by atoms with E-state index in [0.29, 0.717) is 17.6 Å². The summed E-state index contributed by atoms with van der Waals surface area (Å²) in [6, 6.07) is 13.2. The summed E-state index contributed by atoms with van der Waals surface area (Å²) in [7, 11) is 0. The number of nitrogens with zero attached hydrogens (tertiary/aromatic N) is 1. The molecule has 1 aromatic heterocycles. The Labute approximate surface area is 124 Å². The first kappa shape index (κ1) is 14.8. The molecule has 0 aliphatic rings. The van der Waals surface area contributed by atoms with Gasteiger partial charge in [0, 0.05) is 6.04 Å². The molecule has 1 aromatic carbocycles. The fourth-order valence-corrected chi connectivity index (χ4v) is 1.73. The van der Waals surface area contributed by atoms with Crippen molar-refractivity contribution in [3.63, 3.8) is 0 Å². The first-order chi connectivity index (χ1) is 10.1. The number of para-hydroxylation sites is 1. The van der Waals surface area contributed by atoms with Crippen molar-refractivity contribution >= 4 is 17.4 Å². The fourth-order valence-electron chi connectivity index (χ4n) is 1.73. The number of ether oxygens (including phenoxy) is 1. The second-order valence-corrected chi connectivity index (χ2v) is 4.88. The summed E-state index contributed by atoms with van der Waals surface area (Å²) in [5, 5.41) is 5.92. The topological polar surface area (TPSA) is 63.2 Å². The Balaban J connectivity index is 1.82. The summed E-state index contributed by atoms with van der Waals surface area (Å²) in [4.78, 5) is 15.9. The molecule has 5 nitrogen and oxygen atoms in total. The van der Waals surface area contributed by atoms with E-state index in [4.69, 9.17) is 4.74 Å². The number of carbonyl (C=O) groups excluding carboxylic acids is 1. The predicted molar refractivity (Wildman–Crippen MR) is 83.6 cm³/mol. The lowest BCUT2D eigenvalue weighted by Crippen LogP contribution is -2.20. The van der Waals surface area contributed by atoms with E-state index in [1.165, 1.54) is 0 Å². The fraction of sp³-hybridized carbons (Fsp3) is 0.250. The molecule has 0 atom stereocenters. The van der Waals surface area contributed by atoms with Gasteiger partial charge in [0.1, 0.15) is 11.6 Å². The average molecular weight is 285 g/mol. The van der Waals surface area contributed by atoms with Gasteiger partial charge in [-0.2, -0.15) is 0 Å². The number of hydrogen-bond donors (Lipinski definition) is 2. The van der Waals surface area contributed by atoms with Crippen LogP contribution in [-0.2, 0) is 4.79 Å². The molecule has 21 heavy (non-hydrogen) atoms. The minimum Gasteiger partial charge on any atom is -0.484 e. The SMILES string of the molecule is CC(C)Nc1ccc(NC(=O)COc2ccccc2)nc1. The van der Waals surface area contributed by atoms with Crippen LogP contribution in [0.3, 0.4) is 0 Å². The molecule has 0 radical (unpaired) electrons. The van der Waals surface area contributed by atoms with Crippen molar-refractivity contribution < 1.29 is 9.53 Å². The molecule has 0 saturated heterocycles. The highest BCUT2D eigenvalue weighted by Crippen LogP contribution is 2.11. The maximum atomic E-state index is 11.8. The number of anilines is 2. The number of aromatic nitrogens is 1. The highest BCUT2D eigenvalue weighted by molar-refractivity contribution is 5.91. The molecule has 2 rings (SSSR count). The lowest BCUT2D eigenvalue weighted by Gasteiger charge is -2.10. The van der Waals surface area contributed by atoms with Gasteiger partial charge >= 0.3 is 0 Å². The molecular weight excluding hydrogens is 266 g/mol. The van der Waals surface area contributed by atoms with Crippen LogP contribution in [0.5, 0.6) is 5.75 Å². The Morgan fingerprint density at radius 3 is 2.57 bits per heavy atom. The number of carbonyl (C=O) groups is 1. The molecule has 5 heteroatoms. The smallest absolute Gasteiger partial charge is 0.263 e. The van der Waals surface area contributed by atoms with E-state index < -0.39 is 0 Å². The van der Waals surface area contributed by atoms with Crippen LogP contribution in [-0.4, -0.2) is 23.5 Å². The van der Waals surface area contributed by atoms with Crippen LogP contribution in [0.4, 0.5) is 11.5 Å². The minimum atomic E-state index is -0.240. The molecule has 0 aliphatic heterocycles. The van der Waals surface area contributed by atoms with Crippen molar-refractivity contribution in [2.45, 2.75) is 19.9 Å². The Kier molecular flexibility index (Phi) is 5.15. The van der Waals surface area contributed by atoms with Gasteiger partial charge in [-0.05, 0) is 38.1 Å². The van der Waals surface area contributed by atoms with Gasteiger partial charge in [-0.15, -0.1) is 0 Å². The van der Waals surface area contributed by atoms with Crippen molar-refractivity contribution in [2.75, 3.05) is 17.2 Å². The number of hydrogen-bond acceptors (Lipinski definition) is 4. The van der Waals surface area contributed by atoms with E-state index in [1.54, 1.807) is 24.4 Å². The van der Waals surface area contributed by atoms with Crippen molar-refractivity contribution in [3.8, 4) is 5.75 Å². The molecule has 0 bridgehead atoms. The molecular formula is C16H19N3O2. The monoisotopic (exact) mass is 285 g/mol. The van der Waals surface area contributed by atoms with Gasteiger partial charge in [0.25, 0.3) is 5.91 Å². The van der Waals surface area contributed by atoms with Crippen molar-refractivity contribution in [3.05, 3.63) is 48.7 Å². The van der Waals surface area contributed by atoms with E-state index in [0.717, 1.165) is 5.69 Å². The molecule has 2 N–H and O–H groups in total. The Morgan fingerprint density at radius 1 is 1.19 bits per heavy atom. The normalized spacial score (nSPS) is 10.2. The zero-order valence-corrected chi connectivity index (χ0v) is 12.2. The quantitative estimate of drug-likeness (QED) is 0.856. The summed E-state index contributed by atoms with van der Waals surface area (Å²) >= 11 is 0. The maximum absolute atomic E-state index is 11.8. The molecule has 0 fully saturated rings. The van der Waals surface area contributed by atoms with Gasteiger partial charge in [0.15, 0.2) is 6.61 Å². The van der Waals surface area contributed by atoms with E-state index in [9.17, 15) is 4.79 Å². The van der Waals surface area contributed by atoms with Crippen LogP contribution >= 0.6 is 0 Å². The highest BCUT2D eigenvalue weighted by atomic mass is 16.5. The Morgan fingerprint density at radius 2 is 1.95 bits per heavy atom. The second kappa shape index (κ2) is 7.28. The van der Waals surface area contributed by atoms with Gasteiger partial charge in [0.05, 0.1) is 11.9 Å². The standard InChI is InChI=1S/C16H19N3O2/c1-12(2)18-13-8-9-15(17-10-13)19-16(20)11-21-14-6-4-3-5-7-14/h3-10,12,18H,11H2,1-2H3,(H,17,19,20). The van der Waals surface area contributed by atoms with Crippen LogP contribution in [0.1, 0.15) is 13.8 Å². The number of amides is 1. The summed E-state index contributed by atoms with van der Waals surface area (Å²) < 4.78 is 5.36. The van der Waals surface area contributed by atoms with Gasteiger partial charge in [-0.1, -0.05) is 18.2 Å². The van der Waals surface area contributed by atoms with E-state index in [1.807, 2.05) is 24.3 Å². The third-order valence-corrected chi connectivity index (χ3v) is 2.60. The lowest BCUT2D eigenvalue weighted by atomic mass is 10.3. The highest BCUT2D eigenvalue weighted by Gasteiger charge is 2.05. The van der Waals surface area contributed by atoms with E-state index >= 15 is 0 Å². The second-order valence-electron chi connectivity index (χ2n) is 4.88. The molecule has 0 saturated carbocycles. The Hall–Kier alpha value is -2.56. The first-order valence-electron chi connectivity index (χ1n) is 6.84. The summed E-state index contributed by atoms with van der Waals surface area (Å²) in [5.74, 6) is 0.930. The zero-order chi connectivity index (χ0) is 15.1. The number of nitrogens with one attached hydrogen (secondary N) is 2. The lowest BCUT2D eigenvalue weighted by molar-refractivity contribution is -0.118. The van der Waals surface area contributed by atoms with Gasteiger partial charge < -0.3 is 15.4 Å². The summed E-state index contributed by atoms with van der Waals surface area (Å²) in [5.41, 5.74) is 0.920. The maximum Gasteiger partial charge on any atom is 0.263 e. The average Bonchev–Trinajstić information content (AvgIpc) is 2.48. The summed E-state index contributed by atoms with van der Waals surface area (Å²) in [6.45, 7) is 4.06. The number of pyridine rings is 1. The third kappa shape index (κ3) is 5.14. The predicted octanol–water partition coefficient (Wildman–Crippen LogP) is 2.92. The van der Waals surface area contributed by atoms with E-state index in [2.05, 4.69) is 29.5 Å². The van der Waals surface area contributed by atoms with Crippen molar-refractivity contribution in [2.24, 2.45) is 0 Å². The van der Waals surface area contributed by atoms with Crippen LogP contribution in [0.2, 0.25) is 0 Å². The van der Waals surface area contributed by atoms with Gasteiger partial charge in [-0.25, -0.2) is 4.98 Å². The molecule has 1 amide bonds. The molecule has 0 aliphatic carbocycles. The molecule has 2 aromatic rings. The Bertz CT molecular complexity index is 568. The number of rotatable bonds is 6. The van der Waals surface area contributed by atoms with Crippen LogP contribution < -0.4 is 15.4 Å². The molecule has 0 unspecified atom stereocenters. The van der Waals surface area contributed by atoms with Crippen molar-refractivity contribution in [1.29, 1.82) is 0 Å². The van der Waals surface area contributed by atoms with E-state index in [-0.39, 0.29) is 12.5 Å². The molecule has 110 valence electrons. The first-order valence-corrected chi connectivity index (χ1v) is 6.84. The van der Waals surface area contributed by atoms with Gasteiger partial charge in [-0.3, -0.25) is 4.79 Å². The van der Waals surface area contributed by atoms with Gasteiger partial charge in [0.2, 0.25) is 0 Å². The van der Waals surface area contributed by atoms with Crippen LogP contribution in [0, 0.1) is 0 Å². The van der Waals surface area contributed by atoms with Crippen LogP contribution in [0.25, 0.3) is 0 Å². The minimum absolute atomic E-state index is 0.0440. The number of benzene rings is 1.